The summed E-state index contributed by atoms with van der Waals surface area (Å²) in [6.07, 6.45) is 6.55. The number of alkyl halides is 2. The van der Waals surface area contributed by atoms with Crippen LogP contribution in [0.5, 0.6) is 0 Å². The van der Waals surface area contributed by atoms with Crippen molar-refractivity contribution in [2.45, 2.75) is 58.0 Å². The fourth-order valence-electron chi connectivity index (χ4n) is 5.47. The monoisotopic (exact) mass is 479 g/mol. The van der Waals surface area contributed by atoms with E-state index in [4.69, 9.17) is 14.5 Å². The number of likely N-dealkylation sites (tertiary alicyclic amines) is 1. The highest BCUT2D eigenvalue weighted by Gasteiger charge is 2.49. The first kappa shape index (κ1) is 22.1. The van der Waals surface area contributed by atoms with Crippen molar-refractivity contribution in [2.24, 2.45) is 0 Å². The first-order chi connectivity index (χ1) is 16.8. The summed E-state index contributed by atoms with van der Waals surface area (Å²) in [7, 11) is 0. The van der Waals surface area contributed by atoms with Crippen LogP contribution in [0.2, 0.25) is 0 Å². The molecule has 6 rings (SSSR count). The lowest BCUT2D eigenvalue weighted by Crippen LogP contribution is -2.62. The van der Waals surface area contributed by atoms with Crippen molar-refractivity contribution in [3.05, 3.63) is 41.5 Å². The smallest absolute Gasteiger partial charge is 0.272 e. The van der Waals surface area contributed by atoms with Crippen LogP contribution in [-0.4, -0.2) is 61.1 Å². The summed E-state index contributed by atoms with van der Waals surface area (Å²) in [6.45, 7) is 5.44. The van der Waals surface area contributed by atoms with Crippen molar-refractivity contribution >= 4 is 17.0 Å². The maximum absolute atomic E-state index is 13.4. The van der Waals surface area contributed by atoms with Gasteiger partial charge < -0.3 is 14.8 Å². The fraction of sp³-hybridized carbons (Fsp3) is 0.440. The lowest BCUT2D eigenvalue weighted by Gasteiger charge is -2.44. The van der Waals surface area contributed by atoms with Crippen molar-refractivity contribution in [2.75, 3.05) is 18.4 Å². The third-order valence-corrected chi connectivity index (χ3v) is 7.19. The van der Waals surface area contributed by atoms with Gasteiger partial charge in [0.15, 0.2) is 0 Å². The molecule has 35 heavy (non-hydrogen) atoms. The zero-order valence-electron chi connectivity index (χ0n) is 19.9. The van der Waals surface area contributed by atoms with Crippen LogP contribution in [-0.2, 0) is 0 Å². The van der Waals surface area contributed by atoms with Crippen LogP contribution in [0.25, 0.3) is 33.5 Å². The summed E-state index contributed by atoms with van der Waals surface area (Å²) in [5.74, 6) is -1.31. The Hall–Kier alpha value is -3.40. The summed E-state index contributed by atoms with van der Waals surface area (Å²) >= 11 is 0. The molecule has 4 aromatic rings. The summed E-state index contributed by atoms with van der Waals surface area (Å²) in [6, 6.07) is 4.14. The van der Waals surface area contributed by atoms with E-state index in [1.54, 1.807) is 6.20 Å². The standard InChI is InChI=1S/C25H27F2N7O/c1-13-9-29-24(31-18-5-4-6-20(18)34-11-25(26,27)12-34)32-22(13)17-10-28-23-16(17)7-8-19(30-23)21-14(2)33-35-15(21)3/h7-10,18,20H,4-6,11-12H2,1-3H3,(H,28,30)(H,29,31,32)/t18-,20-/m0/s1. The number of hydrogen-bond donors (Lipinski definition) is 2. The van der Waals surface area contributed by atoms with Crippen LogP contribution in [0.4, 0.5) is 14.7 Å². The Bertz CT molecular complexity index is 1380. The summed E-state index contributed by atoms with van der Waals surface area (Å²) in [5, 5.41) is 8.42. The Kier molecular flexibility index (Phi) is 5.10. The molecule has 2 aliphatic rings. The normalized spacial score (nSPS) is 22.0. The molecule has 4 aromatic heterocycles. The molecule has 0 amide bonds. The predicted octanol–water partition coefficient (Wildman–Crippen LogP) is 4.88. The molecule has 1 aliphatic heterocycles. The minimum Gasteiger partial charge on any atom is -0.361 e. The fourth-order valence-corrected chi connectivity index (χ4v) is 5.47. The van der Waals surface area contributed by atoms with Gasteiger partial charge in [-0.15, -0.1) is 0 Å². The van der Waals surface area contributed by atoms with E-state index >= 15 is 0 Å². The second-order valence-corrected chi connectivity index (χ2v) is 9.73. The number of aryl methyl sites for hydroxylation is 3. The van der Waals surface area contributed by atoms with Gasteiger partial charge in [0.25, 0.3) is 5.92 Å². The first-order valence-corrected chi connectivity index (χ1v) is 11.9. The van der Waals surface area contributed by atoms with Gasteiger partial charge in [0.2, 0.25) is 5.95 Å². The number of pyridine rings is 1. The zero-order valence-corrected chi connectivity index (χ0v) is 19.9. The molecule has 8 nitrogen and oxygen atoms in total. The molecule has 5 heterocycles. The van der Waals surface area contributed by atoms with E-state index in [0.717, 1.165) is 69.8 Å². The summed E-state index contributed by atoms with van der Waals surface area (Å²) < 4.78 is 32.1. The minimum absolute atomic E-state index is 0.0592. The molecule has 0 bridgehead atoms. The SMILES string of the molecule is Cc1cnc(N[C@H]2CCC[C@@H]2N2CC(F)(F)C2)nc1-c1c[nH]c2nc(-c3c(C)noc3C)ccc12. The topological polar surface area (TPSA) is 95.8 Å². The third kappa shape index (κ3) is 3.85. The Labute approximate surface area is 201 Å². The van der Waals surface area contributed by atoms with Crippen LogP contribution in [0.1, 0.15) is 36.3 Å². The van der Waals surface area contributed by atoms with Gasteiger partial charge in [-0.3, -0.25) is 4.90 Å². The van der Waals surface area contributed by atoms with Gasteiger partial charge >= 0.3 is 0 Å². The number of H-pyrrole nitrogens is 1. The number of halogens is 2. The van der Waals surface area contributed by atoms with Gasteiger partial charge in [0.1, 0.15) is 11.4 Å². The van der Waals surface area contributed by atoms with Crippen molar-refractivity contribution in [3.8, 4) is 22.5 Å². The van der Waals surface area contributed by atoms with Gasteiger partial charge in [-0.25, -0.2) is 23.7 Å². The summed E-state index contributed by atoms with van der Waals surface area (Å²) in [5.41, 5.74) is 5.94. The van der Waals surface area contributed by atoms with E-state index in [0.29, 0.717) is 5.95 Å². The van der Waals surface area contributed by atoms with Gasteiger partial charge in [-0.05, 0) is 57.7 Å². The van der Waals surface area contributed by atoms with Crippen LogP contribution >= 0.6 is 0 Å². The van der Waals surface area contributed by atoms with E-state index in [1.807, 2.05) is 44.0 Å². The molecule has 1 saturated carbocycles. The van der Waals surface area contributed by atoms with Gasteiger partial charge in [-0.2, -0.15) is 0 Å². The Morgan fingerprint density at radius 1 is 1.14 bits per heavy atom. The Morgan fingerprint density at radius 2 is 1.97 bits per heavy atom. The number of fused-ring (bicyclic) bond motifs is 1. The number of rotatable bonds is 5. The van der Waals surface area contributed by atoms with Crippen LogP contribution < -0.4 is 5.32 Å². The number of aromatic amines is 1. The molecule has 0 spiro atoms. The highest BCUT2D eigenvalue weighted by Crippen LogP contribution is 2.36. The number of aromatic nitrogens is 5. The molecule has 2 atom stereocenters. The summed E-state index contributed by atoms with van der Waals surface area (Å²) in [4.78, 5) is 19.3. The van der Waals surface area contributed by atoms with Crippen molar-refractivity contribution < 1.29 is 13.3 Å². The maximum Gasteiger partial charge on any atom is 0.272 e. The highest BCUT2D eigenvalue weighted by molar-refractivity contribution is 5.94. The molecule has 1 aliphatic carbocycles. The molecule has 1 saturated heterocycles. The van der Waals surface area contributed by atoms with Crippen LogP contribution in [0.15, 0.2) is 29.0 Å². The van der Waals surface area contributed by atoms with Crippen molar-refractivity contribution in [1.29, 1.82) is 0 Å². The first-order valence-electron chi connectivity index (χ1n) is 11.9. The maximum atomic E-state index is 13.4. The van der Waals surface area contributed by atoms with E-state index in [1.165, 1.54) is 0 Å². The number of nitrogens with zero attached hydrogens (tertiary/aromatic N) is 5. The lowest BCUT2D eigenvalue weighted by atomic mass is 10.0. The minimum atomic E-state index is -2.56. The Balaban J connectivity index is 1.28. The molecule has 182 valence electrons. The molecule has 10 heteroatoms. The molecular formula is C25H27F2N7O. The number of anilines is 1. The average molecular weight is 480 g/mol. The largest absolute Gasteiger partial charge is 0.361 e. The van der Waals surface area contributed by atoms with Crippen molar-refractivity contribution in [1.82, 2.24) is 30.0 Å². The zero-order chi connectivity index (χ0) is 24.3. The molecule has 0 unspecified atom stereocenters. The molecule has 0 radical (unpaired) electrons. The number of nitrogens with one attached hydrogen (secondary N) is 2. The predicted molar refractivity (Wildman–Crippen MR) is 128 cm³/mol. The second kappa shape index (κ2) is 8.08. The number of hydrogen-bond acceptors (Lipinski definition) is 7. The third-order valence-electron chi connectivity index (χ3n) is 7.19. The highest BCUT2D eigenvalue weighted by atomic mass is 19.3. The Morgan fingerprint density at radius 3 is 2.71 bits per heavy atom. The molecule has 0 aromatic carbocycles. The second-order valence-electron chi connectivity index (χ2n) is 9.73. The van der Waals surface area contributed by atoms with Gasteiger partial charge in [-0.1, -0.05) is 5.16 Å². The molecule has 2 N–H and O–H groups in total. The molecule has 2 fully saturated rings. The quantitative estimate of drug-likeness (QED) is 0.421. The van der Waals surface area contributed by atoms with E-state index in [9.17, 15) is 8.78 Å². The van der Waals surface area contributed by atoms with Crippen LogP contribution in [0.3, 0.4) is 0 Å². The average Bonchev–Trinajstić information content (AvgIpc) is 3.52. The van der Waals surface area contributed by atoms with E-state index in [2.05, 4.69) is 20.4 Å². The van der Waals surface area contributed by atoms with Gasteiger partial charge in [0.05, 0.1) is 35.7 Å². The van der Waals surface area contributed by atoms with Crippen LogP contribution in [0, 0.1) is 20.8 Å². The van der Waals surface area contributed by atoms with Crippen molar-refractivity contribution in [3.63, 3.8) is 0 Å². The van der Waals surface area contributed by atoms with Gasteiger partial charge in [0, 0.05) is 35.4 Å². The lowest BCUT2D eigenvalue weighted by molar-refractivity contribution is -0.145. The van der Waals surface area contributed by atoms with E-state index < -0.39 is 5.92 Å². The van der Waals surface area contributed by atoms with E-state index in [-0.39, 0.29) is 25.2 Å². The molecular weight excluding hydrogens is 452 g/mol.